The van der Waals surface area contributed by atoms with Gasteiger partial charge in [0.25, 0.3) is 0 Å². The van der Waals surface area contributed by atoms with Gasteiger partial charge in [-0.3, -0.25) is 9.59 Å². The van der Waals surface area contributed by atoms with E-state index < -0.39 is 0 Å². The second kappa shape index (κ2) is 10.9. The highest BCUT2D eigenvalue weighted by Crippen LogP contribution is 2.31. The normalized spacial score (nSPS) is 17.4. The van der Waals surface area contributed by atoms with Crippen LogP contribution in [0.5, 0.6) is 0 Å². The fraction of sp³-hybridized carbons (Fsp3) is 0.355. The third-order valence-corrected chi connectivity index (χ3v) is 8.04. The van der Waals surface area contributed by atoms with Crippen molar-refractivity contribution in [3.63, 3.8) is 0 Å². The van der Waals surface area contributed by atoms with Crippen molar-refractivity contribution in [2.24, 2.45) is 0 Å². The van der Waals surface area contributed by atoms with Crippen LogP contribution < -0.4 is 4.90 Å². The van der Waals surface area contributed by atoms with Crippen molar-refractivity contribution in [2.45, 2.75) is 45.3 Å². The Bertz CT molecular complexity index is 1480. The molecule has 2 aromatic heterocycles. The van der Waals surface area contributed by atoms with E-state index in [2.05, 4.69) is 52.1 Å². The van der Waals surface area contributed by atoms with Crippen molar-refractivity contribution in [3.8, 4) is 0 Å². The van der Waals surface area contributed by atoms with Crippen LogP contribution in [0.1, 0.15) is 30.0 Å². The average Bonchev–Trinajstić information content (AvgIpc) is 3.38. The van der Waals surface area contributed by atoms with E-state index in [1.54, 1.807) is 12.5 Å². The molecule has 39 heavy (non-hydrogen) atoms. The molecule has 1 atom stereocenters. The van der Waals surface area contributed by atoms with Crippen molar-refractivity contribution >= 4 is 28.7 Å². The molecule has 8 nitrogen and oxygen atoms in total. The van der Waals surface area contributed by atoms with Gasteiger partial charge in [0, 0.05) is 57.1 Å². The van der Waals surface area contributed by atoms with Gasteiger partial charge in [-0.1, -0.05) is 42.5 Å². The fourth-order valence-corrected chi connectivity index (χ4v) is 5.92. The minimum atomic E-state index is 0.0667. The highest BCUT2D eigenvalue weighted by atomic mass is 16.2. The Labute approximate surface area is 228 Å². The standard InChI is InChI=1S/C31H34N6O2/c1-23-19-34(17-18-37(23)30(39)21-36-22-33-27-10-6-15-32-31(27)36)28-11-5-9-25-14-16-35(20-26(25)28)29(38)13-12-24-7-3-2-4-8-24/h2-11,15,22-23H,12-14,16-21H2,1H3. The predicted octanol–water partition coefficient (Wildman–Crippen LogP) is 3.69. The topological polar surface area (TPSA) is 74.6 Å². The minimum Gasteiger partial charge on any atom is -0.367 e. The molecule has 0 spiro atoms. The molecule has 0 aliphatic carbocycles. The Morgan fingerprint density at radius 1 is 0.923 bits per heavy atom. The van der Waals surface area contributed by atoms with Gasteiger partial charge in [0.05, 0.1) is 6.33 Å². The van der Waals surface area contributed by atoms with Crippen LogP contribution in [0.4, 0.5) is 5.69 Å². The number of aromatic nitrogens is 3. The van der Waals surface area contributed by atoms with Crippen LogP contribution in [-0.4, -0.2) is 68.4 Å². The fourth-order valence-electron chi connectivity index (χ4n) is 5.92. The molecule has 2 aliphatic heterocycles. The Morgan fingerprint density at radius 3 is 2.64 bits per heavy atom. The van der Waals surface area contributed by atoms with E-state index in [1.165, 1.54) is 22.4 Å². The van der Waals surface area contributed by atoms with E-state index in [4.69, 9.17) is 0 Å². The second-order valence-corrected chi connectivity index (χ2v) is 10.6. The zero-order valence-electron chi connectivity index (χ0n) is 22.4. The molecule has 0 radical (unpaired) electrons. The number of anilines is 1. The lowest BCUT2D eigenvalue weighted by atomic mass is 9.96. The molecule has 4 heterocycles. The van der Waals surface area contributed by atoms with Crippen LogP contribution in [0, 0.1) is 0 Å². The van der Waals surface area contributed by atoms with E-state index in [1.807, 2.05) is 44.7 Å². The summed E-state index contributed by atoms with van der Waals surface area (Å²) in [5, 5.41) is 0. The van der Waals surface area contributed by atoms with Crippen LogP contribution >= 0.6 is 0 Å². The lowest BCUT2D eigenvalue weighted by molar-refractivity contribution is -0.134. The molecule has 200 valence electrons. The zero-order chi connectivity index (χ0) is 26.8. The van der Waals surface area contributed by atoms with Crippen LogP contribution in [0.2, 0.25) is 0 Å². The highest BCUT2D eigenvalue weighted by molar-refractivity contribution is 5.80. The summed E-state index contributed by atoms with van der Waals surface area (Å²) in [4.78, 5) is 41.5. The molecular weight excluding hydrogens is 488 g/mol. The summed E-state index contributed by atoms with van der Waals surface area (Å²) in [5.74, 6) is 0.294. The monoisotopic (exact) mass is 522 g/mol. The summed E-state index contributed by atoms with van der Waals surface area (Å²) in [6.45, 7) is 5.93. The van der Waals surface area contributed by atoms with E-state index >= 15 is 0 Å². The van der Waals surface area contributed by atoms with E-state index in [0.717, 1.165) is 43.6 Å². The molecule has 1 fully saturated rings. The number of piperazine rings is 1. The number of pyridine rings is 1. The largest absolute Gasteiger partial charge is 0.367 e. The quantitative estimate of drug-likeness (QED) is 0.386. The second-order valence-electron chi connectivity index (χ2n) is 10.6. The first-order chi connectivity index (χ1) is 19.1. The van der Waals surface area contributed by atoms with Gasteiger partial charge < -0.3 is 19.3 Å². The number of hydrogen-bond acceptors (Lipinski definition) is 5. The van der Waals surface area contributed by atoms with Gasteiger partial charge in [0.2, 0.25) is 11.8 Å². The summed E-state index contributed by atoms with van der Waals surface area (Å²) in [7, 11) is 0. The third kappa shape index (κ3) is 5.24. The predicted molar refractivity (Wildman–Crippen MR) is 151 cm³/mol. The van der Waals surface area contributed by atoms with Gasteiger partial charge >= 0.3 is 0 Å². The maximum atomic E-state index is 13.3. The molecule has 0 N–H and O–H groups in total. The first-order valence-corrected chi connectivity index (χ1v) is 13.8. The molecule has 2 amide bonds. The van der Waals surface area contributed by atoms with E-state index in [0.29, 0.717) is 19.5 Å². The van der Waals surface area contributed by atoms with Crippen LogP contribution in [0.15, 0.2) is 73.2 Å². The van der Waals surface area contributed by atoms with E-state index in [-0.39, 0.29) is 24.4 Å². The summed E-state index contributed by atoms with van der Waals surface area (Å²) in [6, 6.07) is 20.5. The van der Waals surface area contributed by atoms with Crippen molar-refractivity contribution in [1.82, 2.24) is 24.3 Å². The Morgan fingerprint density at radius 2 is 1.79 bits per heavy atom. The molecule has 1 saturated heterocycles. The van der Waals surface area contributed by atoms with Gasteiger partial charge in [0.15, 0.2) is 5.65 Å². The molecule has 0 saturated carbocycles. The molecule has 6 rings (SSSR count). The Hall–Kier alpha value is -4.20. The first-order valence-electron chi connectivity index (χ1n) is 13.8. The lowest BCUT2D eigenvalue weighted by Gasteiger charge is -2.42. The summed E-state index contributed by atoms with van der Waals surface area (Å²) in [5.41, 5.74) is 6.49. The number of rotatable bonds is 6. The number of benzene rings is 2. The van der Waals surface area contributed by atoms with E-state index in [9.17, 15) is 9.59 Å². The number of aryl methyl sites for hydroxylation is 1. The van der Waals surface area contributed by atoms with Gasteiger partial charge in [0.1, 0.15) is 12.1 Å². The molecule has 4 aromatic rings. The van der Waals surface area contributed by atoms with Crippen LogP contribution in [0.3, 0.4) is 0 Å². The molecule has 8 heteroatoms. The average molecular weight is 523 g/mol. The summed E-state index contributed by atoms with van der Waals surface area (Å²) < 4.78 is 1.83. The number of imidazole rings is 1. The van der Waals surface area contributed by atoms with Crippen molar-refractivity contribution < 1.29 is 9.59 Å². The number of amides is 2. The molecular formula is C31H34N6O2. The molecule has 2 aliphatic rings. The number of hydrogen-bond donors (Lipinski definition) is 0. The van der Waals surface area contributed by atoms with Crippen LogP contribution in [-0.2, 0) is 35.5 Å². The number of carbonyl (C=O) groups excluding carboxylic acids is 2. The maximum absolute atomic E-state index is 13.3. The Kier molecular flexibility index (Phi) is 7.00. The van der Waals surface area contributed by atoms with Gasteiger partial charge in [-0.05, 0) is 54.7 Å². The first kappa shape index (κ1) is 25.1. The lowest BCUT2D eigenvalue weighted by Crippen LogP contribution is -2.55. The minimum absolute atomic E-state index is 0.0667. The molecule has 1 unspecified atom stereocenters. The van der Waals surface area contributed by atoms with Crippen molar-refractivity contribution in [2.75, 3.05) is 31.1 Å². The van der Waals surface area contributed by atoms with Gasteiger partial charge in [-0.2, -0.15) is 0 Å². The molecule has 0 bridgehead atoms. The number of fused-ring (bicyclic) bond motifs is 2. The molecule has 2 aromatic carbocycles. The summed E-state index contributed by atoms with van der Waals surface area (Å²) in [6.07, 6.45) is 5.59. The zero-order valence-corrected chi connectivity index (χ0v) is 22.4. The van der Waals surface area contributed by atoms with Crippen molar-refractivity contribution in [3.05, 3.63) is 89.9 Å². The van der Waals surface area contributed by atoms with Crippen molar-refractivity contribution in [1.29, 1.82) is 0 Å². The Balaban J connectivity index is 1.11. The highest BCUT2D eigenvalue weighted by Gasteiger charge is 2.31. The van der Waals surface area contributed by atoms with Gasteiger partial charge in [-0.25, -0.2) is 9.97 Å². The maximum Gasteiger partial charge on any atom is 0.242 e. The van der Waals surface area contributed by atoms with Gasteiger partial charge in [-0.15, -0.1) is 0 Å². The summed E-state index contributed by atoms with van der Waals surface area (Å²) >= 11 is 0. The smallest absolute Gasteiger partial charge is 0.242 e. The SMILES string of the molecule is CC1CN(c2cccc3c2CN(C(=O)CCc2ccccc2)CC3)CCN1C(=O)Cn1cnc2cccnc21. The van der Waals surface area contributed by atoms with Crippen LogP contribution in [0.25, 0.3) is 11.2 Å². The number of carbonyl (C=O) groups is 2. The number of nitrogens with zero attached hydrogens (tertiary/aromatic N) is 6. The third-order valence-electron chi connectivity index (χ3n) is 8.04.